The quantitative estimate of drug-likeness (QED) is 0.788. The summed E-state index contributed by atoms with van der Waals surface area (Å²) in [5, 5.41) is 7.44. The van der Waals surface area contributed by atoms with Gasteiger partial charge in [0.1, 0.15) is 12.1 Å². The van der Waals surface area contributed by atoms with E-state index in [9.17, 15) is 13.2 Å². The number of rotatable bonds is 3. The van der Waals surface area contributed by atoms with Crippen molar-refractivity contribution in [3.63, 3.8) is 0 Å². The lowest BCUT2D eigenvalue weighted by atomic mass is 10.1. The molecular weight excluding hydrogens is 319 g/mol. The van der Waals surface area contributed by atoms with Gasteiger partial charge in [-0.05, 0) is 38.5 Å². The fourth-order valence-corrected chi connectivity index (χ4v) is 2.45. The van der Waals surface area contributed by atoms with Gasteiger partial charge in [0, 0.05) is 17.3 Å². The Hall–Kier alpha value is -2.64. The molecule has 8 heteroatoms. The number of aryl methyl sites for hydroxylation is 1. The molecule has 24 heavy (non-hydrogen) atoms. The Morgan fingerprint density at radius 2 is 1.79 bits per heavy atom. The van der Waals surface area contributed by atoms with E-state index in [4.69, 9.17) is 0 Å². The largest absolute Gasteiger partial charge is 0.416 e. The van der Waals surface area contributed by atoms with Gasteiger partial charge in [-0.1, -0.05) is 12.1 Å². The van der Waals surface area contributed by atoms with Crippen LogP contribution >= 0.6 is 0 Å². The minimum absolute atomic E-state index is 0.208. The summed E-state index contributed by atoms with van der Waals surface area (Å²) in [6.07, 6.45) is -2.92. The van der Waals surface area contributed by atoms with Crippen molar-refractivity contribution in [3.05, 3.63) is 53.0 Å². The molecule has 0 fully saturated rings. The molecule has 126 valence electrons. The summed E-state index contributed by atoms with van der Waals surface area (Å²) < 4.78 is 39.6. The van der Waals surface area contributed by atoms with Crippen LogP contribution in [0.25, 0.3) is 5.78 Å². The zero-order valence-corrected chi connectivity index (χ0v) is 13.4. The predicted octanol–water partition coefficient (Wildman–Crippen LogP) is 3.93. The van der Waals surface area contributed by atoms with Crippen LogP contribution in [0.5, 0.6) is 0 Å². The van der Waals surface area contributed by atoms with Gasteiger partial charge in [0.2, 0.25) is 0 Å². The highest BCUT2D eigenvalue weighted by atomic mass is 19.4. The van der Waals surface area contributed by atoms with E-state index in [0.29, 0.717) is 5.78 Å². The van der Waals surface area contributed by atoms with E-state index in [0.717, 1.165) is 34.8 Å². The summed E-state index contributed by atoms with van der Waals surface area (Å²) in [5.41, 5.74) is 1.81. The van der Waals surface area contributed by atoms with Crippen LogP contribution in [0.2, 0.25) is 0 Å². The number of halogens is 3. The van der Waals surface area contributed by atoms with Crippen LogP contribution in [0, 0.1) is 13.8 Å². The molecule has 0 saturated heterocycles. The minimum atomic E-state index is -4.33. The number of nitrogens with one attached hydrogen (secondary N) is 1. The number of alkyl halides is 3. The maximum atomic E-state index is 12.7. The SMILES string of the molecule is Cc1nc2ncnn2c(N[C@H](C)c2ccc(C(F)(F)F)cc2)c1C. The molecular formula is C16H16F3N5. The second-order valence-electron chi connectivity index (χ2n) is 5.63. The van der Waals surface area contributed by atoms with E-state index in [-0.39, 0.29) is 6.04 Å². The van der Waals surface area contributed by atoms with Gasteiger partial charge in [-0.2, -0.15) is 27.8 Å². The van der Waals surface area contributed by atoms with Crippen molar-refractivity contribution >= 4 is 11.6 Å². The van der Waals surface area contributed by atoms with Crippen molar-refractivity contribution in [2.75, 3.05) is 5.32 Å². The van der Waals surface area contributed by atoms with Gasteiger partial charge < -0.3 is 5.32 Å². The molecule has 3 rings (SSSR count). The molecule has 0 bridgehead atoms. The highest BCUT2D eigenvalue weighted by Gasteiger charge is 2.30. The molecule has 0 radical (unpaired) electrons. The summed E-state index contributed by atoms with van der Waals surface area (Å²) in [7, 11) is 0. The molecule has 5 nitrogen and oxygen atoms in total. The van der Waals surface area contributed by atoms with Crippen molar-refractivity contribution in [2.45, 2.75) is 33.0 Å². The fourth-order valence-electron chi connectivity index (χ4n) is 2.45. The second-order valence-corrected chi connectivity index (χ2v) is 5.63. The molecule has 0 amide bonds. The highest BCUT2D eigenvalue weighted by Crippen LogP contribution is 2.30. The van der Waals surface area contributed by atoms with Crippen molar-refractivity contribution < 1.29 is 13.2 Å². The maximum Gasteiger partial charge on any atom is 0.416 e. The third kappa shape index (κ3) is 2.91. The number of hydrogen-bond donors (Lipinski definition) is 1. The lowest BCUT2D eigenvalue weighted by Crippen LogP contribution is -2.14. The van der Waals surface area contributed by atoms with Gasteiger partial charge in [0.15, 0.2) is 0 Å². The Morgan fingerprint density at radius 3 is 2.42 bits per heavy atom. The van der Waals surface area contributed by atoms with Crippen LogP contribution in [0.1, 0.15) is 35.3 Å². The third-order valence-corrected chi connectivity index (χ3v) is 4.00. The lowest BCUT2D eigenvalue weighted by molar-refractivity contribution is -0.137. The van der Waals surface area contributed by atoms with Crippen LogP contribution in [-0.4, -0.2) is 19.6 Å². The van der Waals surface area contributed by atoms with E-state index in [2.05, 4.69) is 20.4 Å². The number of benzene rings is 1. The summed E-state index contributed by atoms with van der Waals surface area (Å²) >= 11 is 0. The van der Waals surface area contributed by atoms with Crippen LogP contribution in [0.3, 0.4) is 0 Å². The Kier molecular flexibility index (Phi) is 3.90. The highest BCUT2D eigenvalue weighted by molar-refractivity contribution is 5.53. The van der Waals surface area contributed by atoms with Crippen LogP contribution < -0.4 is 5.32 Å². The molecule has 1 atom stereocenters. The van der Waals surface area contributed by atoms with Gasteiger partial charge >= 0.3 is 6.18 Å². The average Bonchev–Trinajstić information content (AvgIpc) is 2.98. The molecule has 0 spiro atoms. The standard InChI is InChI=1S/C16H16F3N5/c1-9-10(2)23-15-20-8-21-24(15)14(9)22-11(3)12-4-6-13(7-5-12)16(17,18)19/h4-8,11,22H,1-3H3/t11-/m1/s1. The van der Waals surface area contributed by atoms with Gasteiger partial charge in [0.05, 0.1) is 5.56 Å². The van der Waals surface area contributed by atoms with E-state index in [1.54, 1.807) is 4.52 Å². The van der Waals surface area contributed by atoms with Gasteiger partial charge in [-0.3, -0.25) is 0 Å². The molecule has 2 aromatic heterocycles. The first-order valence-electron chi connectivity index (χ1n) is 7.38. The first kappa shape index (κ1) is 16.2. The Bertz CT molecular complexity index is 868. The fraction of sp³-hybridized carbons (Fsp3) is 0.312. The molecule has 1 N–H and O–H groups in total. The van der Waals surface area contributed by atoms with Crippen molar-refractivity contribution in [3.8, 4) is 0 Å². The topological polar surface area (TPSA) is 55.1 Å². The lowest BCUT2D eigenvalue weighted by Gasteiger charge is -2.19. The second kappa shape index (κ2) is 5.77. The molecule has 3 aromatic rings. The molecule has 1 aromatic carbocycles. The Balaban J connectivity index is 1.91. The van der Waals surface area contributed by atoms with Gasteiger partial charge in [-0.25, -0.2) is 4.98 Å². The Labute approximate surface area is 136 Å². The van der Waals surface area contributed by atoms with Crippen LogP contribution in [0.4, 0.5) is 19.0 Å². The van der Waals surface area contributed by atoms with Crippen molar-refractivity contribution in [1.82, 2.24) is 19.6 Å². The zero-order valence-electron chi connectivity index (χ0n) is 13.4. The van der Waals surface area contributed by atoms with Crippen molar-refractivity contribution in [2.24, 2.45) is 0 Å². The number of anilines is 1. The van der Waals surface area contributed by atoms with E-state index >= 15 is 0 Å². The van der Waals surface area contributed by atoms with E-state index < -0.39 is 11.7 Å². The zero-order chi connectivity index (χ0) is 17.5. The Morgan fingerprint density at radius 1 is 1.12 bits per heavy atom. The smallest absolute Gasteiger partial charge is 0.363 e. The summed E-state index contributed by atoms with van der Waals surface area (Å²) in [4.78, 5) is 8.41. The van der Waals surface area contributed by atoms with Gasteiger partial charge in [-0.15, -0.1) is 0 Å². The number of fused-ring (bicyclic) bond motifs is 1. The monoisotopic (exact) mass is 335 g/mol. The summed E-state index contributed by atoms with van der Waals surface area (Å²) in [5.74, 6) is 1.20. The minimum Gasteiger partial charge on any atom is -0.363 e. The number of aromatic nitrogens is 4. The number of hydrogen-bond acceptors (Lipinski definition) is 4. The normalized spacial score (nSPS) is 13.2. The summed E-state index contributed by atoms with van der Waals surface area (Å²) in [6, 6.07) is 4.91. The molecule has 0 aliphatic rings. The molecule has 0 unspecified atom stereocenters. The van der Waals surface area contributed by atoms with Crippen molar-refractivity contribution in [1.29, 1.82) is 0 Å². The molecule has 2 heterocycles. The van der Waals surface area contributed by atoms with Gasteiger partial charge in [0.25, 0.3) is 5.78 Å². The summed E-state index contributed by atoms with van der Waals surface area (Å²) in [6.45, 7) is 5.66. The molecule has 0 aliphatic heterocycles. The van der Waals surface area contributed by atoms with E-state index in [1.807, 2.05) is 20.8 Å². The third-order valence-electron chi connectivity index (χ3n) is 4.00. The van der Waals surface area contributed by atoms with E-state index in [1.165, 1.54) is 18.5 Å². The van der Waals surface area contributed by atoms with Crippen LogP contribution in [0.15, 0.2) is 30.6 Å². The number of nitrogens with zero attached hydrogens (tertiary/aromatic N) is 4. The van der Waals surface area contributed by atoms with Crippen LogP contribution in [-0.2, 0) is 6.18 Å². The first-order valence-corrected chi connectivity index (χ1v) is 7.38. The molecule has 0 aliphatic carbocycles. The first-order chi connectivity index (χ1) is 11.3. The average molecular weight is 335 g/mol. The predicted molar refractivity (Wildman–Crippen MR) is 83.7 cm³/mol. The maximum absolute atomic E-state index is 12.7. The molecule has 0 saturated carbocycles.